The summed E-state index contributed by atoms with van der Waals surface area (Å²) < 4.78 is 9.05. The maximum atomic E-state index is 2.67. The number of rotatable bonds is 4. The van der Waals surface area contributed by atoms with Gasteiger partial charge in [-0.25, -0.2) is 0 Å². The number of halogens is 2. The molecule has 0 unspecified atom stereocenters. The Morgan fingerprint density at radius 3 is 1.41 bits per heavy atom. The van der Waals surface area contributed by atoms with E-state index in [9.17, 15) is 0 Å². The molecule has 126 valence electrons. The molecular formula is C18H32Cl2HfSi. The Hall–Kier alpha value is 0.627. The summed E-state index contributed by atoms with van der Waals surface area (Å²) in [6, 6.07) is 0. The first-order chi connectivity index (χ1) is 9.13. The van der Waals surface area contributed by atoms with E-state index >= 15 is 0 Å². The third-order valence-electron chi connectivity index (χ3n) is 5.12. The Kier molecular flexibility index (Phi) is 7.89. The van der Waals surface area contributed by atoms with Gasteiger partial charge in [-0.05, 0) is 0 Å². The van der Waals surface area contributed by atoms with Crippen molar-refractivity contribution in [3.05, 3.63) is 42.1 Å². The van der Waals surface area contributed by atoms with Crippen molar-refractivity contribution in [3.8, 4) is 0 Å². The quantitative estimate of drug-likeness (QED) is 0.401. The first-order valence-electron chi connectivity index (χ1n) is 8.01. The van der Waals surface area contributed by atoms with Gasteiger partial charge in [0.2, 0.25) is 0 Å². The van der Waals surface area contributed by atoms with Crippen molar-refractivity contribution < 1.29 is 17.1 Å². The van der Waals surface area contributed by atoms with Crippen LogP contribution < -0.4 is 0 Å². The first-order valence-corrected chi connectivity index (χ1v) is 27.1. The minimum Gasteiger partial charge on any atom is -0.147 e. The third kappa shape index (κ3) is 3.99. The molecule has 0 nitrogen and oxygen atoms in total. The Morgan fingerprint density at radius 2 is 1.14 bits per heavy atom. The van der Waals surface area contributed by atoms with Gasteiger partial charge in [0.05, 0.1) is 0 Å². The molecule has 0 aromatic rings. The van der Waals surface area contributed by atoms with E-state index in [0.29, 0.717) is 11.8 Å². The van der Waals surface area contributed by atoms with E-state index in [4.69, 9.17) is 0 Å². The fourth-order valence-corrected chi connectivity index (χ4v) is 25.8. The van der Waals surface area contributed by atoms with Gasteiger partial charge in [-0.2, -0.15) is 0 Å². The van der Waals surface area contributed by atoms with Gasteiger partial charge in [-0.15, -0.1) is 24.8 Å². The Labute approximate surface area is 151 Å². The molecule has 0 radical (unpaired) electrons. The summed E-state index contributed by atoms with van der Waals surface area (Å²) in [6.45, 7) is 11.8. The summed E-state index contributed by atoms with van der Waals surface area (Å²) in [5.74, 6) is 1.34. The van der Waals surface area contributed by atoms with Crippen LogP contribution in [0.2, 0.25) is 9.36 Å². The van der Waals surface area contributed by atoms with Crippen LogP contribution in [0.5, 0.6) is 0 Å². The van der Waals surface area contributed by atoms with Crippen LogP contribution in [0.4, 0.5) is 0 Å². The molecule has 0 aromatic heterocycles. The van der Waals surface area contributed by atoms with Crippen LogP contribution in [0.25, 0.3) is 0 Å². The summed E-state index contributed by atoms with van der Waals surface area (Å²) in [6.07, 6.45) is 12.1. The van der Waals surface area contributed by atoms with Crippen molar-refractivity contribution in [1.82, 2.24) is 0 Å². The van der Waals surface area contributed by atoms with Crippen LogP contribution in [-0.2, 0) is 17.1 Å². The maximum absolute atomic E-state index is 3.06. The molecule has 0 spiro atoms. The molecule has 0 saturated heterocycles. The van der Waals surface area contributed by atoms with E-state index < -0.39 is 17.1 Å². The summed E-state index contributed by atoms with van der Waals surface area (Å²) in [7, 11) is 0. The van der Waals surface area contributed by atoms with Gasteiger partial charge in [0.1, 0.15) is 0 Å². The Balaban J connectivity index is 0.00000220. The molecule has 0 amide bonds. The summed E-state index contributed by atoms with van der Waals surface area (Å²) >= 11 is -3.06. The molecule has 0 aliphatic heterocycles. The Morgan fingerprint density at radius 1 is 0.818 bits per heavy atom. The van der Waals surface area contributed by atoms with Gasteiger partial charge >= 0.3 is 128 Å². The SMILES string of the molecule is CC(C)C1=[C]([Hf]([CH3])([CH3])(=[SiH2])[C]2=C(C(C)C)C=CC2)CC=C1.Cl.Cl. The van der Waals surface area contributed by atoms with Crippen molar-refractivity contribution >= 4 is 31.8 Å². The zero-order valence-electron chi connectivity index (χ0n) is 14.9. The van der Waals surface area contributed by atoms with Gasteiger partial charge in [0, 0.05) is 0 Å². The second-order valence-electron chi connectivity index (χ2n) is 8.08. The van der Waals surface area contributed by atoms with E-state index in [1.54, 1.807) is 11.1 Å². The van der Waals surface area contributed by atoms with Crippen LogP contribution in [0.15, 0.2) is 42.1 Å². The number of allylic oxidation sites excluding steroid dienone is 8. The molecule has 0 N–H and O–H groups in total. The van der Waals surface area contributed by atoms with Crippen molar-refractivity contribution in [2.45, 2.75) is 49.9 Å². The molecule has 2 aliphatic rings. The van der Waals surface area contributed by atoms with Crippen LogP contribution in [0, 0.1) is 11.8 Å². The summed E-state index contributed by atoms with van der Waals surface area (Å²) in [4.78, 5) is 0. The minimum absolute atomic E-state index is 0. The van der Waals surface area contributed by atoms with Gasteiger partial charge in [-0.1, -0.05) is 0 Å². The normalized spacial score (nSPS) is 18.4. The number of hydrogen-bond acceptors (Lipinski definition) is 0. The predicted octanol–water partition coefficient (Wildman–Crippen LogP) is 5.90. The van der Waals surface area contributed by atoms with Gasteiger partial charge in [0.25, 0.3) is 0 Å². The fourth-order valence-electron chi connectivity index (χ4n) is 3.89. The van der Waals surface area contributed by atoms with Crippen LogP contribution >= 0.6 is 24.8 Å². The Bertz CT molecular complexity index is 565. The molecule has 2 aliphatic carbocycles. The molecule has 2 rings (SSSR count). The van der Waals surface area contributed by atoms with E-state index in [2.05, 4.69) is 68.3 Å². The molecule has 0 heterocycles. The van der Waals surface area contributed by atoms with E-state index in [1.165, 1.54) is 12.8 Å². The van der Waals surface area contributed by atoms with Crippen LogP contribution in [-0.4, -0.2) is 6.94 Å². The van der Waals surface area contributed by atoms with Gasteiger partial charge in [0.15, 0.2) is 0 Å². The largest absolute Gasteiger partial charge is 0.147 e. The average molecular weight is 526 g/mol. The molecule has 0 fully saturated rings. The van der Waals surface area contributed by atoms with Gasteiger partial charge in [-0.3, -0.25) is 0 Å². The topological polar surface area (TPSA) is 0 Å². The summed E-state index contributed by atoms with van der Waals surface area (Å²) in [5, 5.41) is 0. The van der Waals surface area contributed by atoms with Crippen molar-refractivity contribution in [2.24, 2.45) is 11.8 Å². The summed E-state index contributed by atoms with van der Waals surface area (Å²) in [5.41, 5.74) is 3.31. The number of hydrogen-bond donors (Lipinski definition) is 0. The van der Waals surface area contributed by atoms with E-state index in [-0.39, 0.29) is 24.8 Å². The predicted molar refractivity (Wildman–Crippen MR) is 106 cm³/mol. The molecule has 22 heavy (non-hydrogen) atoms. The second kappa shape index (κ2) is 7.67. The molecule has 0 bridgehead atoms. The first kappa shape index (κ1) is 22.6. The molecule has 0 saturated carbocycles. The van der Waals surface area contributed by atoms with E-state index in [0.717, 1.165) is 0 Å². The van der Waals surface area contributed by atoms with E-state index in [1.807, 2.05) is 6.66 Å². The molecule has 0 aromatic carbocycles. The third-order valence-corrected chi connectivity index (χ3v) is 29.6. The van der Waals surface area contributed by atoms with Crippen LogP contribution in [0.3, 0.4) is 0 Å². The average Bonchev–Trinajstić information content (AvgIpc) is 2.98. The van der Waals surface area contributed by atoms with Crippen LogP contribution in [0.1, 0.15) is 40.5 Å². The second-order valence-corrected chi connectivity index (χ2v) is 49.1. The van der Waals surface area contributed by atoms with Gasteiger partial charge < -0.3 is 0 Å². The molecular weight excluding hydrogens is 494 g/mol. The smallest absolute Gasteiger partial charge is 0.147 e. The maximum Gasteiger partial charge on any atom is -0.147 e. The monoisotopic (exact) mass is 526 g/mol. The van der Waals surface area contributed by atoms with Crippen molar-refractivity contribution in [3.63, 3.8) is 0 Å². The minimum atomic E-state index is -3.06. The standard InChI is InChI=1S/2C8H11.2CH3.2ClH.Hf.H2Si/c2*1-7(2)8-5-3-4-6-8;;;;;;/h2*3,5,7H,4H2,1-2H3;2*1H3;2*1H;;1H2. The fraction of sp³-hybridized carbons (Fsp3) is 0.556. The zero-order chi connectivity index (χ0) is 15.2. The van der Waals surface area contributed by atoms with Crippen molar-refractivity contribution in [2.75, 3.05) is 0 Å². The molecule has 0 atom stereocenters. The van der Waals surface area contributed by atoms with Crippen molar-refractivity contribution in [1.29, 1.82) is 0 Å². The zero-order valence-corrected chi connectivity index (χ0v) is 21.5. The molecule has 4 heteroatoms.